The zero-order chi connectivity index (χ0) is 27.3. The van der Waals surface area contributed by atoms with E-state index in [1.807, 2.05) is 0 Å². The highest BCUT2D eigenvalue weighted by Crippen LogP contribution is 2.32. The molecule has 4 aromatic rings. The van der Waals surface area contributed by atoms with Crippen LogP contribution in [0.2, 0.25) is 0 Å². The fraction of sp³-hybridized carbons (Fsp3) is 0.227. The second kappa shape index (κ2) is 8.90. The maximum absolute atomic E-state index is 13.1. The summed E-state index contributed by atoms with van der Waals surface area (Å²) in [4.78, 5) is 16.5. The second-order valence-electron chi connectivity index (χ2n) is 7.81. The zero-order valence-electron chi connectivity index (χ0n) is 18.9. The number of pyridine rings is 2. The van der Waals surface area contributed by atoms with Crippen molar-refractivity contribution in [1.82, 2.24) is 19.2 Å². The number of aromatic nitrogens is 4. The number of halogens is 6. The van der Waals surface area contributed by atoms with E-state index in [1.54, 1.807) is 0 Å². The molecule has 3 heterocycles. The third kappa shape index (κ3) is 5.16. The summed E-state index contributed by atoms with van der Waals surface area (Å²) in [5, 5.41) is 3.93. The number of ether oxygens (including phenoxy) is 1. The van der Waals surface area contributed by atoms with Gasteiger partial charge in [0.1, 0.15) is 10.6 Å². The number of aryl methyl sites for hydroxylation is 1. The molecule has 3 aromatic heterocycles. The van der Waals surface area contributed by atoms with Gasteiger partial charge in [0.05, 0.1) is 11.3 Å². The number of benzene rings is 1. The molecule has 196 valence electrons. The maximum Gasteiger partial charge on any atom is 0.573 e. The number of sulfone groups is 1. The largest absolute Gasteiger partial charge is 0.573 e. The molecule has 0 fully saturated rings. The standard InChI is InChI=1S/C22H16F6N4O4S/c1-3-37(34,35)17-9-13(16-6-5-15(8-12(16)2)36-22(26,27)28)10-29-19(17)32-20(33)31-11-14(21(23,24)25)4-7-18(31)30-32/h4-11H,3H2,1-2H3. The predicted octanol–water partition coefficient (Wildman–Crippen LogP) is 4.57. The minimum atomic E-state index is -4.90. The summed E-state index contributed by atoms with van der Waals surface area (Å²) < 4.78 is 108. The summed E-state index contributed by atoms with van der Waals surface area (Å²) in [6, 6.07) is 6.28. The van der Waals surface area contributed by atoms with Crippen molar-refractivity contribution in [2.45, 2.75) is 31.3 Å². The van der Waals surface area contributed by atoms with E-state index in [4.69, 9.17) is 0 Å². The van der Waals surface area contributed by atoms with E-state index in [1.165, 1.54) is 32.2 Å². The molecule has 0 aliphatic carbocycles. The molecule has 0 radical (unpaired) electrons. The van der Waals surface area contributed by atoms with E-state index in [9.17, 15) is 39.6 Å². The monoisotopic (exact) mass is 546 g/mol. The molecule has 1 aromatic carbocycles. The van der Waals surface area contributed by atoms with Crippen LogP contribution in [0.15, 0.2) is 58.5 Å². The van der Waals surface area contributed by atoms with E-state index in [0.29, 0.717) is 26.4 Å². The third-order valence-electron chi connectivity index (χ3n) is 5.34. The summed E-state index contributed by atoms with van der Waals surface area (Å²) >= 11 is 0. The number of nitrogens with zero attached hydrogens (tertiary/aromatic N) is 4. The SMILES string of the molecule is CCS(=O)(=O)c1cc(-c2ccc(OC(F)(F)F)cc2C)cnc1-n1nc2ccc(C(F)(F)F)cn2c1=O. The number of rotatable bonds is 5. The molecule has 0 saturated heterocycles. The summed E-state index contributed by atoms with van der Waals surface area (Å²) in [6.07, 6.45) is -7.92. The molecule has 15 heteroatoms. The highest BCUT2D eigenvalue weighted by atomic mass is 32.2. The highest BCUT2D eigenvalue weighted by Gasteiger charge is 2.32. The summed E-state index contributed by atoms with van der Waals surface area (Å²) in [6.45, 7) is 2.81. The Balaban J connectivity index is 1.88. The van der Waals surface area contributed by atoms with Crippen molar-refractivity contribution >= 4 is 15.5 Å². The van der Waals surface area contributed by atoms with Gasteiger partial charge in [0, 0.05) is 18.0 Å². The predicted molar refractivity (Wildman–Crippen MR) is 118 cm³/mol. The molecule has 0 unspecified atom stereocenters. The first kappa shape index (κ1) is 26.2. The normalized spacial score (nSPS) is 12.8. The van der Waals surface area contributed by atoms with Crippen LogP contribution < -0.4 is 10.4 Å². The maximum atomic E-state index is 13.1. The zero-order valence-corrected chi connectivity index (χ0v) is 19.7. The van der Waals surface area contributed by atoms with Crippen molar-refractivity contribution < 1.29 is 39.5 Å². The van der Waals surface area contributed by atoms with Gasteiger partial charge in [-0.2, -0.15) is 17.9 Å². The van der Waals surface area contributed by atoms with Gasteiger partial charge < -0.3 is 4.74 Å². The van der Waals surface area contributed by atoms with Gasteiger partial charge in [-0.05, 0) is 48.4 Å². The van der Waals surface area contributed by atoms with Crippen molar-refractivity contribution in [2.75, 3.05) is 5.75 Å². The van der Waals surface area contributed by atoms with Gasteiger partial charge in [-0.25, -0.2) is 22.6 Å². The van der Waals surface area contributed by atoms with Crippen molar-refractivity contribution in [1.29, 1.82) is 0 Å². The van der Waals surface area contributed by atoms with Gasteiger partial charge in [0.2, 0.25) is 0 Å². The fourth-order valence-electron chi connectivity index (χ4n) is 3.57. The lowest BCUT2D eigenvalue weighted by molar-refractivity contribution is -0.274. The second-order valence-corrected chi connectivity index (χ2v) is 10.1. The lowest BCUT2D eigenvalue weighted by atomic mass is 10.0. The van der Waals surface area contributed by atoms with Gasteiger partial charge in [0.25, 0.3) is 0 Å². The molecular weight excluding hydrogens is 530 g/mol. The van der Waals surface area contributed by atoms with Gasteiger partial charge in [-0.3, -0.25) is 0 Å². The van der Waals surface area contributed by atoms with Gasteiger partial charge in [-0.15, -0.1) is 18.3 Å². The summed E-state index contributed by atoms with van der Waals surface area (Å²) in [7, 11) is -4.06. The van der Waals surface area contributed by atoms with Crippen LogP contribution in [0.1, 0.15) is 18.1 Å². The average Bonchev–Trinajstić information content (AvgIpc) is 3.13. The lowest BCUT2D eigenvalue weighted by Gasteiger charge is -2.14. The Kier molecular flexibility index (Phi) is 6.30. The minimum absolute atomic E-state index is 0.181. The van der Waals surface area contributed by atoms with E-state index >= 15 is 0 Å². The van der Waals surface area contributed by atoms with Crippen LogP contribution in [-0.4, -0.2) is 39.7 Å². The van der Waals surface area contributed by atoms with Crippen molar-refractivity contribution in [2.24, 2.45) is 0 Å². The topological polar surface area (TPSA) is 95.6 Å². The molecule has 0 amide bonds. The van der Waals surface area contributed by atoms with E-state index in [2.05, 4.69) is 14.8 Å². The van der Waals surface area contributed by atoms with E-state index in [0.717, 1.165) is 24.3 Å². The molecule has 0 bridgehead atoms. The molecule has 0 N–H and O–H groups in total. The molecule has 0 aliphatic heterocycles. The first-order chi connectivity index (χ1) is 17.1. The van der Waals surface area contributed by atoms with Crippen LogP contribution in [0.25, 0.3) is 22.6 Å². The quantitative estimate of drug-likeness (QED) is 0.341. The van der Waals surface area contributed by atoms with Crippen molar-refractivity contribution in [3.05, 3.63) is 70.4 Å². The number of alkyl halides is 6. The molecule has 0 spiro atoms. The Bertz CT molecular complexity index is 1670. The van der Waals surface area contributed by atoms with Crippen molar-refractivity contribution in [3.8, 4) is 22.7 Å². The molecule has 0 atom stereocenters. The average molecular weight is 546 g/mol. The first-order valence-electron chi connectivity index (χ1n) is 10.4. The Hall–Kier alpha value is -3.88. The molecule has 37 heavy (non-hydrogen) atoms. The lowest BCUT2D eigenvalue weighted by Crippen LogP contribution is -2.23. The van der Waals surface area contributed by atoms with E-state index in [-0.39, 0.29) is 11.2 Å². The highest BCUT2D eigenvalue weighted by molar-refractivity contribution is 7.91. The smallest absolute Gasteiger partial charge is 0.406 e. The first-order valence-corrected chi connectivity index (χ1v) is 12.0. The molecule has 0 saturated carbocycles. The Morgan fingerprint density at radius 2 is 1.73 bits per heavy atom. The molecule has 4 rings (SSSR count). The van der Waals surface area contributed by atoms with Crippen LogP contribution in [0.5, 0.6) is 5.75 Å². The summed E-state index contributed by atoms with van der Waals surface area (Å²) in [5.41, 5.74) is -1.54. The van der Waals surface area contributed by atoms with Crippen molar-refractivity contribution in [3.63, 3.8) is 0 Å². The minimum Gasteiger partial charge on any atom is -0.406 e. The van der Waals surface area contributed by atoms with Crippen LogP contribution in [-0.2, 0) is 16.0 Å². The third-order valence-corrected chi connectivity index (χ3v) is 7.07. The van der Waals surface area contributed by atoms with E-state index < -0.39 is 55.8 Å². The van der Waals surface area contributed by atoms with Crippen LogP contribution in [0, 0.1) is 6.92 Å². The van der Waals surface area contributed by atoms with Crippen LogP contribution in [0.4, 0.5) is 26.3 Å². The van der Waals surface area contributed by atoms with Gasteiger partial charge in [0.15, 0.2) is 21.3 Å². The summed E-state index contributed by atoms with van der Waals surface area (Å²) in [5.74, 6) is -1.33. The van der Waals surface area contributed by atoms with Gasteiger partial charge >= 0.3 is 18.2 Å². The molecule has 8 nitrogen and oxygen atoms in total. The molecule has 0 aliphatic rings. The number of hydrogen-bond acceptors (Lipinski definition) is 6. The Morgan fingerprint density at radius 3 is 2.32 bits per heavy atom. The fourth-order valence-corrected chi connectivity index (χ4v) is 4.60. The number of hydrogen-bond donors (Lipinski definition) is 0. The Labute approximate surface area is 204 Å². The van der Waals surface area contributed by atoms with Gasteiger partial charge in [-0.1, -0.05) is 13.0 Å². The molecular formula is C22H16F6N4O4S. The van der Waals surface area contributed by atoms with Crippen LogP contribution in [0.3, 0.4) is 0 Å². The number of fused-ring (bicyclic) bond motifs is 1. The Morgan fingerprint density at radius 1 is 1.03 bits per heavy atom. The van der Waals surface area contributed by atoms with Crippen LogP contribution >= 0.6 is 0 Å².